The van der Waals surface area contributed by atoms with Crippen LogP contribution < -0.4 is 14.8 Å². The minimum absolute atomic E-state index is 0.00572. The number of ether oxygens (including phenoxy) is 1. The van der Waals surface area contributed by atoms with Crippen molar-refractivity contribution in [2.75, 3.05) is 12.4 Å². The summed E-state index contributed by atoms with van der Waals surface area (Å²) in [4.78, 5) is 21.2. The topological polar surface area (TPSA) is 110 Å². The summed E-state index contributed by atoms with van der Waals surface area (Å²) in [6.07, 6.45) is 5.14. The Morgan fingerprint density at radius 2 is 2.13 bits per heavy atom. The van der Waals surface area contributed by atoms with Gasteiger partial charge in [0.25, 0.3) is 0 Å². The molecule has 0 aliphatic heterocycles. The number of hydrogen-bond donors (Lipinski definition) is 2. The fourth-order valence-electron chi connectivity index (χ4n) is 2.81. The van der Waals surface area contributed by atoms with E-state index in [1.54, 1.807) is 12.4 Å². The van der Waals surface area contributed by atoms with Crippen LogP contribution in [0.3, 0.4) is 0 Å². The molecule has 3 aromatic rings. The van der Waals surface area contributed by atoms with Gasteiger partial charge in [0.1, 0.15) is 10.8 Å². The molecule has 1 aliphatic carbocycles. The Morgan fingerprint density at radius 3 is 2.83 bits per heavy atom. The van der Waals surface area contributed by atoms with Crippen molar-refractivity contribution in [2.24, 2.45) is 0 Å². The Labute approximate surface area is 178 Å². The van der Waals surface area contributed by atoms with Gasteiger partial charge in [0, 0.05) is 29.4 Å². The maximum Gasteiger partial charge on any atom is 0.240 e. The first kappa shape index (κ1) is 20.5. The molecule has 1 aromatic carbocycles. The van der Waals surface area contributed by atoms with E-state index in [-0.39, 0.29) is 23.3 Å². The summed E-state index contributed by atoms with van der Waals surface area (Å²) in [5, 5.41) is 5.34. The molecule has 2 N–H and O–H groups in total. The van der Waals surface area contributed by atoms with Gasteiger partial charge in [0.2, 0.25) is 15.9 Å². The normalized spacial score (nSPS) is 13.8. The van der Waals surface area contributed by atoms with E-state index in [0.717, 1.165) is 23.4 Å². The molecular weight excluding hydrogens is 424 g/mol. The SMILES string of the molecule is COc1ccc(S(=O)(=O)NC2CC2)cc1NC(=O)Cc1csc(-c2cccnc2)n1. The van der Waals surface area contributed by atoms with Gasteiger partial charge >= 0.3 is 0 Å². The molecule has 156 valence electrons. The van der Waals surface area contributed by atoms with E-state index >= 15 is 0 Å². The second-order valence-electron chi connectivity index (χ2n) is 6.87. The number of aromatic nitrogens is 2. The quantitative estimate of drug-likeness (QED) is 0.553. The molecule has 0 radical (unpaired) electrons. The molecule has 4 rings (SSSR count). The zero-order chi connectivity index (χ0) is 21.1. The fraction of sp³-hybridized carbons (Fsp3) is 0.250. The Morgan fingerprint density at radius 1 is 1.30 bits per heavy atom. The summed E-state index contributed by atoms with van der Waals surface area (Å²) >= 11 is 1.43. The number of anilines is 1. The predicted molar refractivity (Wildman–Crippen MR) is 114 cm³/mol. The highest BCUT2D eigenvalue weighted by Crippen LogP contribution is 2.29. The molecule has 30 heavy (non-hydrogen) atoms. The second kappa shape index (κ2) is 8.50. The number of nitrogens with one attached hydrogen (secondary N) is 2. The lowest BCUT2D eigenvalue weighted by Gasteiger charge is -2.12. The third kappa shape index (κ3) is 4.84. The first-order valence-electron chi connectivity index (χ1n) is 9.29. The Hall–Kier alpha value is -2.82. The zero-order valence-corrected chi connectivity index (χ0v) is 17.8. The summed E-state index contributed by atoms with van der Waals surface area (Å²) in [5.41, 5.74) is 1.80. The van der Waals surface area contributed by atoms with Crippen LogP contribution in [0.4, 0.5) is 5.69 Å². The molecule has 0 atom stereocenters. The van der Waals surface area contributed by atoms with Crippen LogP contribution in [-0.2, 0) is 21.2 Å². The monoisotopic (exact) mass is 444 g/mol. The Balaban J connectivity index is 1.48. The smallest absolute Gasteiger partial charge is 0.240 e. The third-order valence-corrected chi connectivity index (χ3v) is 6.91. The van der Waals surface area contributed by atoms with Crippen LogP contribution in [0.15, 0.2) is 53.0 Å². The van der Waals surface area contributed by atoms with Crippen molar-refractivity contribution in [3.63, 3.8) is 0 Å². The van der Waals surface area contributed by atoms with Crippen molar-refractivity contribution in [1.82, 2.24) is 14.7 Å². The zero-order valence-electron chi connectivity index (χ0n) is 16.2. The molecule has 0 saturated heterocycles. The van der Waals surface area contributed by atoms with Gasteiger partial charge in [-0.05, 0) is 43.2 Å². The summed E-state index contributed by atoms with van der Waals surface area (Å²) in [7, 11) is -2.18. The van der Waals surface area contributed by atoms with E-state index in [4.69, 9.17) is 4.74 Å². The number of benzene rings is 1. The molecule has 0 spiro atoms. The number of carbonyl (C=O) groups is 1. The molecule has 10 heteroatoms. The second-order valence-corrected chi connectivity index (χ2v) is 9.44. The van der Waals surface area contributed by atoms with Crippen LogP contribution in [0.25, 0.3) is 10.6 Å². The average Bonchev–Trinajstić information content (AvgIpc) is 3.42. The predicted octanol–water partition coefficient (Wildman–Crippen LogP) is 2.84. The molecule has 0 unspecified atom stereocenters. The average molecular weight is 445 g/mol. The third-order valence-electron chi connectivity index (χ3n) is 4.46. The first-order valence-corrected chi connectivity index (χ1v) is 11.7. The highest BCUT2D eigenvalue weighted by molar-refractivity contribution is 7.89. The van der Waals surface area contributed by atoms with Crippen LogP contribution in [-0.4, -0.2) is 37.4 Å². The van der Waals surface area contributed by atoms with Gasteiger partial charge in [-0.25, -0.2) is 18.1 Å². The molecule has 1 saturated carbocycles. The molecule has 2 heterocycles. The number of rotatable bonds is 8. The molecule has 1 fully saturated rings. The highest BCUT2D eigenvalue weighted by atomic mass is 32.2. The minimum Gasteiger partial charge on any atom is -0.495 e. The number of carbonyl (C=O) groups excluding carboxylic acids is 1. The van der Waals surface area contributed by atoms with Crippen molar-refractivity contribution in [1.29, 1.82) is 0 Å². The van der Waals surface area contributed by atoms with Crippen LogP contribution in [0, 0.1) is 0 Å². The minimum atomic E-state index is -3.64. The molecule has 1 amide bonds. The van der Waals surface area contributed by atoms with Crippen LogP contribution in [0.2, 0.25) is 0 Å². The maximum atomic E-state index is 12.6. The molecule has 8 nitrogen and oxygen atoms in total. The molecular formula is C20H20N4O4S2. The van der Waals surface area contributed by atoms with Gasteiger partial charge in [-0.3, -0.25) is 9.78 Å². The van der Waals surface area contributed by atoms with Crippen LogP contribution in [0.5, 0.6) is 5.75 Å². The summed E-state index contributed by atoms with van der Waals surface area (Å²) < 4.78 is 32.8. The number of methoxy groups -OCH3 is 1. The van der Waals surface area contributed by atoms with E-state index in [2.05, 4.69) is 20.0 Å². The van der Waals surface area contributed by atoms with Gasteiger partial charge in [0.15, 0.2) is 0 Å². The van der Waals surface area contributed by atoms with Gasteiger partial charge < -0.3 is 10.1 Å². The van der Waals surface area contributed by atoms with Crippen molar-refractivity contribution in [3.8, 4) is 16.3 Å². The van der Waals surface area contributed by atoms with Gasteiger partial charge in [-0.15, -0.1) is 11.3 Å². The van der Waals surface area contributed by atoms with Gasteiger partial charge in [0.05, 0.1) is 29.8 Å². The van der Waals surface area contributed by atoms with Gasteiger partial charge in [-0.1, -0.05) is 0 Å². The van der Waals surface area contributed by atoms with E-state index in [1.807, 2.05) is 17.5 Å². The molecule has 1 aliphatic rings. The maximum absolute atomic E-state index is 12.6. The fourth-order valence-corrected chi connectivity index (χ4v) is 4.95. The lowest BCUT2D eigenvalue weighted by atomic mass is 10.2. The number of hydrogen-bond acceptors (Lipinski definition) is 7. The standard InChI is InChI=1S/C20H20N4O4S2/c1-28-18-7-6-16(30(26,27)24-14-4-5-14)10-17(18)23-19(25)9-15-12-29-20(22-15)13-3-2-8-21-11-13/h2-3,6-8,10-12,14,24H,4-5,9H2,1H3,(H,23,25). The van der Waals surface area contributed by atoms with Crippen molar-refractivity contribution in [2.45, 2.75) is 30.2 Å². The molecule has 0 bridgehead atoms. The van der Waals surface area contributed by atoms with E-state index < -0.39 is 10.0 Å². The Kier molecular flexibility index (Phi) is 5.80. The number of thiazole rings is 1. The van der Waals surface area contributed by atoms with Crippen LogP contribution in [0.1, 0.15) is 18.5 Å². The largest absolute Gasteiger partial charge is 0.495 e. The summed E-state index contributed by atoms with van der Waals surface area (Å²) in [6, 6.07) is 8.12. The van der Waals surface area contributed by atoms with Gasteiger partial charge in [-0.2, -0.15) is 0 Å². The van der Waals surface area contributed by atoms with Crippen molar-refractivity contribution in [3.05, 3.63) is 53.8 Å². The lowest BCUT2D eigenvalue weighted by molar-refractivity contribution is -0.115. The number of nitrogens with zero attached hydrogens (tertiary/aromatic N) is 2. The van der Waals surface area contributed by atoms with Crippen molar-refractivity contribution < 1.29 is 17.9 Å². The molecule has 2 aromatic heterocycles. The number of pyridine rings is 1. The lowest BCUT2D eigenvalue weighted by Crippen LogP contribution is -2.26. The van der Waals surface area contributed by atoms with Crippen molar-refractivity contribution >= 4 is 33.0 Å². The summed E-state index contributed by atoms with van der Waals surface area (Å²) in [5.74, 6) is 0.0593. The van der Waals surface area contributed by atoms with Crippen LogP contribution >= 0.6 is 11.3 Å². The summed E-state index contributed by atoms with van der Waals surface area (Å²) in [6.45, 7) is 0. The number of amides is 1. The highest BCUT2D eigenvalue weighted by Gasteiger charge is 2.28. The Bertz CT molecular complexity index is 1160. The van der Waals surface area contributed by atoms with E-state index in [0.29, 0.717) is 17.1 Å². The number of sulfonamides is 1. The first-order chi connectivity index (χ1) is 14.4. The van der Waals surface area contributed by atoms with E-state index in [9.17, 15) is 13.2 Å². The van der Waals surface area contributed by atoms with E-state index in [1.165, 1.54) is 36.6 Å².